The van der Waals surface area contributed by atoms with Gasteiger partial charge in [0, 0.05) is 17.4 Å². The minimum absolute atomic E-state index is 0.0845. The van der Waals surface area contributed by atoms with E-state index >= 15 is 0 Å². The number of hydrogen-bond acceptors (Lipinski definition) is 2. The quantitative estimate of drug-likeness (QED) is 0.774. The molecule has 1 aliphatic heterocycles. The maximum Gasteiger partial charge on any atom is 0.254 e. The molecule has 1 heterocycles. The molecule has 20 heavy (non-hydrogen) atoms. The van der Waals surface area contributed by atoms with Crippen molar-refractivity contribution in [3.63, 3.8) is 0 Å². The van der Waals surface area contributed by atoms with Crippen molar-refractivity contribution >= 4 is 21.8 Å². The van der Waals surface area contributed by atoms with Crippen LogP contribution in [0, 0.1) is 20.8 Å². The van der Waals surface area contributed by atoms with E-state index < -0.39 is 0 Å². The van der Waals surface area contributed by atoms with Gasteiger partial charge in [-0.15, -0.1) is 0 Å². The predicted octanol–water partition coefficient (Wildman–Crippen LogP) is 3.24. The van der Waals surface area contributed by atoms with Gasteiger partial charge in [-0.3, -0.25) is 4.79 Å². The Hall–Kier alpha value is -0.870. The van der Waals surface area contributed by atoms with E-state index in [1.807, 2.05) is 25.7 Å². The Bertz CT molecular complexity index is 492. The van der Waals surface area contributed by atoms with E-state index in [2.05, 4.69) is 35.0 Å². The number of carbonyl (C=O) groups is 1. The van der Waals surface area contributed by atoms with Gasteiger partial charge in [0.25, 0.3) is 5.91 Å². The van der Waals surface area contributed by atoms with E-state index in [9.17, 15) is 4.79 Å². The molecule has 1 aromatic rings. The number of morpholine rings is 1. The summed E-state index contributed by atoms with van der Waals surface area (Å²) < 4.78 is 5.69. The van der Waals surface area contributed by atoms with Crippen molar-refractivity contribution in [1.29, 1.82) is 0 Å². The van der Waals surface area contributed by atoms with Crippen LogP contribution in [0.4, 0.5) is 0 Å². The molecule has 1 amide bonds. The lowest BCUT2D eigenvalue weighted by molar-refractivity contribution is -0.0362. The van der Waals surface area contributed by atoms with Crippen molar-refractivity contribution in [3.05, 3.63) is 34.4 Å². The predicted molar refractivity (Wildman–Crippen MR) is 84.7 cm³/mol. The molecule has 2 rings (SSSR count). The van der Waals surface area contributed by atoms with Crippen molar-refractivity contribution in [1.82, 2.24) is 4.90 Å². The highest BCUT2D eigenvalue weighted by atomic mass is 79.9. The van der Waals surface area contributed by atoms with Gasteiger partial charge in [0.2, 0.25) is 0 Å². The van der Waals surface area contributed by atoms with Crippen molar-refractivity contribution in [3.8, 4) is 0 Å². The van der Waals surface area contributed by atoms with Crippen LogP contribution in [0.25, 0.3) is 0 Å². The van der Waals surface area contributed by atoms with Gasteiger partial charge in [0.15, 0.2) is 0 Å². The van der Waals surface area contributed by atoms with Crippen LogP contribution in [0.2, 0.25) is 0 Å². The summed E-state index contributed by atoms with van der Waals surface area (Å²) in [6.07, 6.45) is 0.0845. The Morgan fingerprint density at radius 3 is 2.50 bits per heavy atom. The SMILES string of the molecule is Cc1cc(C)c(C(=O)N2CC(CBr)OCC2C)c(C)c1. The number of carbonyl (C=O) groups excluding carboxylic acids is 1. The van der Waals surface area contributed by atoms with Gasteiger partial charge in [-0.25, -0.2) is 0 Å². The minimum atomic E-state index is 0.0845. The fraction of sp³-hybridized carbons (Fsp3) is 0.562. The topological polar surface area (TPSA) is 29.5 Å². The second kappa shape index (κ2) is 6.27. The summed E-state index contributed by atoms with van der Waals surface area (Å²) in [4.78, 5) is 14.8. The van der Waals surface area contributed by atoms with Crippen LogP contribution in [0.15, 0.2) is 12.1 Å². The van der Waals surface area contributed by atoms with Gasteiger partial charge < -0.3 is 9.64 Å². The Morgan fingerprint density at radius 1 is 1.35 bits per heavy atom. The van der Waals surface area contributed by atoms with Gasteiger partial charge in [0.05, 0.1) is 18.8 Å². The molecule has 0 aliphatic carbocycles. The van der Waals surface area contributed by atoms with E-state index in [1.165, 1.54) is 5.56 Å². The van der Waals surface area contributed by atoms with Gasteiger partial charge in [-0.1, -0.05) is 33.6 Å². The standard InChI is InChI=1S/C16H22BrNO2/c1-10-5-11(2)15(12(3)6-10)16(19)18-8-14(7-17)20-9-13(18)4/h5-6,13-14H,7-9H2,1-4H3. The van der Waals surface area contributed by atoms with Crippen LogP contribution in [-0.2, 0) is 4.74 Å². The summed E-state index contributed by atoms with van der Waals surface area (Å²) in [5.41, 5.74) is 4.16. The summed E-state index contributed by atoms with van der Waals surface area (Å²) in [7, 11) is 0. The number of benzene rings is 1. The second-order valence-electron chi connectivity index (χ2n) is 5.69. The third kappa shape index (κ3) is 3.07. The maximum absolute atomic E-state index is 12.9. The highest BCUT2D eigenvalue weighted by Crippen LogP contribution is 2.22. The van der Waals surface area contributed by atoms with Crippen LogP contribution in [0.5, 0.6) is 0 Å². The van der Waals surface area contributed by atoms with Gasteiger partial charge in [-0.05, 0) is 38.8 Å². The molecule has 3 nitrogen and oxygen atoms in total. The van der Waals surface area contributed by atoms with Crippen LogP contribution in [0.1, 0.15) is 34.0 Å². The molecule has 4 heteroatoms. The van der Waals surface area contributed by atoms with E-state index in [0.717, 1.165) is 22.0 Å². The Labute approximate surface area is 129 Å². The fourth-order valence-corrected chi connectivity index (χ4v) is 3.25. The Balaban J connectivity index is 2.30. The third-order valence-electron chi connectivity index (χ3n) is 3.83. The third-order valence-corrected chi connectivity index (χ3v) is 4.55. The molecule has 1 saturated heterocycles. The smallest absolute Gasteiger partial charge is 0.254 e. The number of halogens is 1. The summed E-state index contributed by atoms with van der Waals surface area (Å²) in [6.45, 7) is 9.39. The first-order valence-corrected chi connectivity index (χ1v) is 8.12. The first kappa shape index (κ1) is 15.5. The van der Waals surface area contributed by atoms with Crippen LogP contribution in [0.3, 0.4) is 0 Å². The number of alkyl halides is 1. The zero-order chi connectivity index (χ0) is 14.9. The molecule has 0 spiro atoms. The van der Waals surface area contributed by atoms with E-state index in [4.69, 9.17) is 4.74 Å². The average Bonchev–Trinajstić information content (AvgIpc) is 2.37. The fourth-order valence-electron chi connectivity index (χ4n) is 2.85. The van der Waals surface area contributed by atoms with Gasteiger partial charge in [-0.2, -0.15) is 0 Å². The molecule has 110 valence electrons. The van der Waals surface area contributed by atoms with E-state index in [-0.39, 0.29) is 18.1 Å². The first-order chi connectivity index (χ1) is 9.43. The Morgan fingerprint density at radius 2 is 1.95 bits per heavy atom. The zero-order valence-electron chi connectivity index (χ0n) is 12.6. The maximum atomic E-state index is 12.9. The molecule has 2 atom stereocenters. The molecule has 2 unspecified atom stereocenters. The Kier molecular flexibility index (Phi) is 4.86. The number of aryl methyl sites for hydroxylation is 3. The number of hydrogen-bond donors (Lipinski definition) is 0. The number of amides is 1. The molecule has 0 aromatic heterocycles. The number of nitrogens with zero attached hydrogens (tertiary/aromatic N) is 1. The lowest BCUT2D eigenvalue weighted by Crippen LogP contribution is -2.51. The molecular weight excluding hydrogens is 318 g/mol. The summed E-state index contributed by atoms with van der Waals surface area (Å²) >= 11 is 3.44. The molecule has 1 aromatic carbocycles. The van der Waals surface area contributed by atoms with Crippen LogP contribution < -0.4 is 0 Å². The van der Waals surface area contributed by atoms with Crippen LogP contribution in [-0.4, -0.2) is 41.4 Å². The van der Waals surface area contributed by atoms with Crippen LogP contribution >= 0.6 is 15.9 Å². The molecule has 0 bridgehead atoms. The molecule has 0 N–H and O–H groups in total. The molecule has 0 radical (unpaired) electrons. The normalized spacial score (nSPS) is 22.9. The number of ether oxygens (including phenoxy) is 1. The second-order valence-corrected chi connectivity index (χ2v) is 6.34. The highest BCUT2D eigenvalue weighted by molar-refractivity contribution is 9.09. The summed E-state index contributed by atoms with van der Waals surface area (Å²) in [5, 5.41) is 0.759. The first-order valence-electron chi connectivity index (χ1n) is 7.00. The van der Waals surface area contributed by atoms with E-state index in [1.54, 1.807) is 0 Å². The lowest BCUT2D eigenvalue weighted by atomic mass is 9.98. The molecule has 0 saturated carbocycles. The monoisotopic (exact) mass is 339 g/mol. The average molecular weight is 340 g/mol. The largest absolute Gasteiger partial charge is 0.373 e. The number of rotatable bonds is 2. The van der Waals surface area contributed by atoms with Crippen molar-refractivity contribution < 1.29 is 9.53 Å². The lowest BCUT2D eigenvalue weighted by Gasteiger charge is -2.38. The van der Waals surface area contributed by atoms with Crippen molar-refractivity contribution in [2.24, 2.45) is 0 Å². The molecule has 1 fully saturated rings. The molecule has 1 aliphatic rings. The van der Waals surface area contributed by atoms with Gasteiger partial charge >= 0.3 is 0 Å². The van der Waals surface area contributed by atoms with Crippen molar-refractivity contribution in [2.45, 2.75) is 39.8 Å². The van der Waals surface area contributed by atoms with Gasteiger partial charge in [0.1, 0.15) is 0 Å². The molecular formula is C16H22BrNO2. The summed E-state index contributed by atoms with van der Waals surface area (Å²) in [5.74, 6) is 0.127. The highest BCUT2D eigenvalue weighted by Gasteiger charge is 2.31. The van der Waals surface area contributed by atoms with E-state index in [0.29, 0.717) is 13.2 Å². The zero-order valence-corrected chi connectivity index (χ0v) is 14.2. The summed E-state index contributed by atoms with van der Waals surface area (Å²) in [6, 6.07) is 4.28. The minimum Gasteiger partial charge on any atom is -0.373 e. The van der Waals surface area contributed by atoms with Crippen molar-refractivity contribution in [2.75, 3.05) is 18.5 Å².